The summed E-state index contributed by atoms with van der Waals surface area (Å²) in [5, 5.41) is 17.1. The van der Waals surface area contributed by atoms with Crippen LogP contribution in [-0.4, -0.2) is 17.6 Å². The third-order valence-electron chi connectivity index (χ3n) is 4.94. The van der Waals surface area contributed by atoms with Gasteiger partial charge in [0.05, 0.1) is 6.04 Å². The summed E-state index contributed by atoms with van der Waals surface area (Å²) in [6.45, 7) is 2.50. The highest BCUT2D eigenvalue weighted by Crippen LogP contribution is 2.38. The topological polar surface area (TPSA) is 61.4 Å². The Morgan fingerprint density at radius 1 is 0.966 bits per heavy atom. The summed E-state index contributed by atoms with van der Waals surface area (Å²) >= 11 is 0. The highest BCUT2D eigenvalue weighted by atomic mass is 19.1. The number of para-hydroxylation sites is 1. The minimum Gasteiger partial charge on any atom is -0.480 e. The molecule has 0 radical (unpaired) electrons. The summed E-state index contributed by atoms with van der Waals surface area (Å²) in [6, 6.07) is 23.8. The molecule has 150 valence electrons. The minimum absolute atomic E-state index is 0.366. The van der Waals surface area contributed by atoms with Crippen LogP contribution in [0.3, 0.4) is 0 Å². The molecule has 0 aliphatic carbocycles. The fourth-order valence-electron chi connectivity index (χ4n) is 3.51. The number of aliphatic carboxylic acids is 1. The molecule has 29 heavy (non-hydrogen) atoms. The van der Waals surface area contributed by atoms with E-state index in [0.29, 0.717) is 17.7 Å². The van der Waals surface area contributed by atoms with E-state index in [0.717, 1.165) is 12.1 Å². The Hall–Kier alpha value is -3.18. The average Bonchev–Trinajstić information content (AvgIpc) is 2.75. The molecule has 0 spiro atoms. The van der Waals surface area contributed by atoms with Crippen LogP contribution in [0, 0.1) is 5.82 Å². The smallest absolute Gasteiger partial charge is 0.331 e. The molecule has 2 atom stereocenters. The van der Waals surface area contributed by atoms with Crippen molar-refractivity contribution >= 4 is 11.7 Å². The summed E-state index contributed by atoms with van der Waals surface area (Å²) in [7, 11) is 0. The summed E-state index contributed by atoms with van der Waals surface area (Å²) in [5.74, 6) is -1.37. The van der Waals surface area contributed by atoms with Crippen molar-refractivity contribution in [3.8, 4) is 0 Å². The molecule has 0 saturated heterocycles. The number of halogens is 1. The Morgan fingerprint density at radius 3 is 2.10 bits per heavy atom. The molecule has 0 fully saturated rings. The van der Waals surface area contributed by atoms with Gasteiger partial charge in [0.1, 0.15) is 5.82 Å². The van der Waals surface area contributed by atoms with Gasteiger partial charge in [-0.3, -0.25) is 5.32 Å². The van der Waals surface area contributed by atoms with Crippen LogP contribution in [0.4, 0.5) is 10.1 Å². The summed E-state index contributed by atoms with van der Waals surface area (Å²) in [5.41, 5.74) is 0.621. The number of benzene rings is 3. The van der Waals surface area contributed by atoms with Crippen LogP contribution in [0.2, 0.25) is 0 Å². The van der Waals surface area contributed by atoms with Crippen molar-refractivity contribution in [3.63, 3.8) is 0 Å². The van der Waals surface area contributed by atoms with Gasteiger partial charge in [0.15, 0.2) is 5.54 Å². The van der Waals surface area contributed by atoms with Crippen molar-refractivity contribution in [1.82, 2.24) is 5.32 Å². The van der Waals surface area contributed by atoms with Crippen molar-refractivity contribution in [3.05, 3.63) is 102 Å². The minimum atomic E-state index is -1.45. The summed E-state index contributed by atoms with van der Waals surface area (Å²) in [4.78, 5) is 12.8. The monoisotopic (exact) mass is 392 g/mol. The normalized spacial score (nSPS) is 14.0. The summed E-state index contributed by atoms with van der Waals surface area (Å²) in [6.07, 6.45) is 0.767. The number of hydrogen-bond donors (Lipinski definition) is 3. The molecule has 3 rings (SSSR count). The molecular weight excluding hydrogens is 367 g/mol. The molecule has 5 heteroatoms. The molecule has 0 aliphatic heterocycles. The Balaban J connectivity index is 2.20. The van der Waals surface area contributed by atoms with Gasteiger partial charge < -0.3 is 10.4 Å². The molecule has 2 unspecified atom stereocenters. The number of nitrogens with one attached hydrogen (secondary N) is 2. The summed E-state index contributed by atoms with van der Waals surface area (Å²) < 4.78 is 13.6. The first-order chi connectivity index (χ1) is 14.1. The van der Waals surface area contributed by atoms with Crippen molar-refractivity contribution < 1.29 is 14.3 Å². The zero-order valence-corrected chi connectivity index (χ0v) is 16.3. The number of carboxylic acid groups (broad SMARTS) is 1. The average molecular weight is 392 g/mol. The molecule has 4 nitrogen and oxygen atoms in total. The second-order valence-corrected chi connectivity index (χ2v) is 6.90. The molecule has 0 heterocycles. The van der Waals surface area contributed by atoms with Crippen LogP contribution in [0.1, 0.15) is 30.5 Å². The zero-order valence-electron chi connectivity index (χ0n) is 16.3. The van der Waals surface area contributed by atoms with Crippen molar-refractivity contribution in [1.29, 1.82) is 0 Å². The second kappa shape index (κ2) is 9.34. The van der Waals surface area contributed by atoms with E-state index in [1.165, 1.54) is 12.1 Å². The number of hydrogen-bond acceptors (Lipinski definition) is 3. The van der Waals surface area contributed by atoms with Crippen molar-refractivity contribution in [2.75, 3.05) is 11.9 Å². The molecule has 3 N–H and O–H groups in total. The second-order valence-electron chi connectivity index (χ2n) is 6.90. The van der Waals surface area contributed by atoms with E-state index >= 15 is 0 Å². The fraction of sp³-hybridized carbons (Fsp3) is 0.208. The lowest BCUT2D eigenvalue weighted by molar-refractivity contribution is -0.146. The first kappa shape index (κ1) is 20.6. The van der Waals surface area contributed by atoms with E-state index in [1.54, 1.807) is 24.3 Å². The van der Waals surface area contributed by atoms with Gasteiger partial charge in [0.25, 0.3) is 0 Å². The highest BCUT2D eigenvalue weighted by molar-refractivity contribution is 5.83. The standard InChI is InChI=1S/C24H25FN2O2/c1-2-17-26-24(23(28)29,19-9-5-3-6-10-19)22(18-13-15-20(25)16-14-18)27-21-11-7-4-8-12-21/h3-16,22,26-27H,2,17H2,1H3,(H,28,29). The van der Waals surface area contributed by atoms with E-state index in [1.807, 2.05) is 55.5 Å². The van der Waals surface area contributed by atoms with E-state index in [4.69, 9.17) is 0 Å². The largest absolute Gasteiger partial charge is 0.480 e. The number of rotatable bonds is 9. The lowest BCUT2D eigenvalue weighted by Crippen LogP contribution is -2.56. The zero-order chi connectivity index (χ0) is 20.7. The van der Waals surface area contributed by atoms with E-state index in [-0.39, 0.29) is 5.82 Å². The quantitative estimate of drug-likeness (QED) is 0.482. The van der Waals surface area contributed by atoms with Gasteiger partial charge in [-0.05, 0) is 48.4 Å². The number of carbonyl (C=O) groups is 1. The molecule has 0 bridgehead atoms. The van der Waals surface area contributed by atoms with Gasteiger partial charge in [-0.25, -0.2) is 9.18 Å². The lowest BCUT2D eigenvalue weighted by Gasteiger charge is -2.40. The van der Waals surface area contributed by atoms with Crippen LogP contribution >= 0.6 is 0 Å². The first-order valence-electron chi connectivity index (χ1n) is 9.69. The highest BCUT2D eigenvalue weighted by Gasteiger charge is 2.48. The maximum absolute atomic E-state index is 13.6. The fourth-order valence-corrected chi connectivity index (χ4v) is 3.51. The molecule has 3 aromatic carbocycles. The van der Waals surface area contributed by atoms with Crippen molar-refractivity contribution in [2.24, 2.45) is 0 Å². The van der Waals surface area contributed by atoms with E-state index < -0.39 is 17.6 Å². The predicted octanol–water partition coefficient (Wildman–Crippen LogP) is 4.96. The van der Waals surface area contributed by atoms with Gasteiger partial charge in [-0.2, -0.15) is 0 Å². The van der Waals surface area contributed by atoms with Crippen LogP contribution in [0.15, 0.2) is 84.9 Å². The molecule has 0 amide bonds. The molecule has 0 aliphatic rings. The Labute approximate surface area is 170 Å². The third kappa shape index (κ3) is 4.46. The molecular formula is C24H25FN2O2. The van der Waals surface area contributed by atoms with Gasteiger partial charge in [-0.1, -0.05) is 67.6 Å². The number of anilines is 1. The van der Waals surface area contributed by atoms with Crippen LogP contribution < -0.4 is 10.6 Å². The van der Waals surface area contributed by atoms with Crippen molar-refractivity contribution in [2.45, 2.75) is 24.9 Å². The number of carboxylic acids is 1. The Kier molecular flexibility index (Phi) is 6.62. The van der Waals surface area contributed by atoms with Crippen LogP contribution in [0.5, 0.6) is 0 Å². The molecule has 0 aromatic heterocycles. The van der Waals surface area contributed by atoms with E-state index in [9.17, 15) is 14.3 Å². The molecule has 0 saturated carbocycles. The van der Waals surface area contributed by atoms with Crippen LogP contribution in [-0.2, 0) is 10.3 Å². The predicted molar refractivity (Wildman–Crippen MR) is 113 cm³/mol. The maximum Gasteiger partial charge on any atom is 0.331 e. The van der Waals surface area contributed by atoms with Gasteiger partial charge in [0.2, 0.25) is 0 Å². The Morgan fingerprint density at radius 2 is 1.55 bits per heavy atom. The van der Waals surface area contributed by atoms with Gasteiger partial charge in [0, 0.05) is 5.69 Å². The van der Waals surface area contributed by atoms with E-state index in [2.05, 4.69) is 10.6 Å². The maximum atomic E-state index is 13.6. The van der Waals surface area contributed by atoms with Gasteiger partial charge in [-0.15, -0.1) is 0 Å². The third-order valence-corrected chi connectivity index (χ3v) is 4.94. The Bertz CT molecular complexity index is 917. The molecule has 3 aromatic rings. The van der Waals surface area contributed by atoms with Gasteiger partial charge >= 0.3 is 5.97 Å². The first-order valence-corrected chi connectivity index (χ1v) is 9.69. The SMILES string of the molecule is CCCNC(C(=O)O)(c1ccccc1)C(Nc1ccccc1)c1ccc(F)cc1. The van der Waals surface area contributed by atoms with Crippen LogP contribution in [0.25, 0.3) is 0 Å². The lowest BCUT2D eigenvalue weighted by atomic mass is 9.78.